The van der Waals surface area contributed by atoms with Crippen molar-refractivity contribution < 1.29 is 14.3 Å². The zero-order chi connectivity index (χ0) is 23.8. The quantitative estimate of drug-likeness (QED) is 0.266. The summed E-state index contributed by atoms with van der Waals surface area (Å²) in [6.45, 7) is 6.37. The van der Waals surface area contributed by atoms with Crippen LogP contribution in [0.5, 0.6) is 0 Å². The number of nitrogens with one attached hydrogen (secondary N) is 2. The number of anilines is 2. The fraction of sp³-hybridized carbons (Fsp3) is 0.333. The Bertz CT molecular complexity index is 1180. The van der Waals surface area contributed by atoms with Crippen LogP contribution in [0.15, 0.2) is 58.5 Å². The molecule has 0 fully saturated rings. The van der Waals surface area contributed by atoms with Crippen LogP contribution in [0, 0.1) is 0 Å². The van der Waals surface area contributed by atoms with Crippen LogP contribution in [-0.4, -0.2) is 39.8 Å². The SMILES string of the molecule is CC(=O)Nc1ccc(NC(=O)CSc2nc3ccccc3c(=O)n2CCCOC(C)C)cc1. The molecule has 174 valence electrons. The van der Waals surface area contributed by atoms with E-state index in [1.807, 2.05) is 26.0 Å². The molecule has 8 nitrogen and oxygen atoms in total. The third-order valence-electron chi connectivity index (χ3n) is 4.63. The van der Waals surface area contributed by atoms with Gasteiger partial charge in [0.1, 0.15) is 0 Å². The zero-order valence-corrected chi connectivity index (χ0v) is 19.8. The van der Waals surface area contributed by atoms with Crippen molar-refractivity contribution in [2.75, 3.05) is 23.0 Å². The Morgan fingerprint density at radius 3 is 2.39 bits per heavy atom. The number of ether oxygens (including phenoxy) is 1. The minimum atomic E-state index is -0.218. The fourth-order valence-electron chi connectivity index (χ4n) is 3.16. The van der Waals surface area contributed by atoms with Gasteiger partial charge in [-0.1, -0.05) is 23.9 Å². The summed E-state index contributed by atoms with van der Waals surface area (Å²) in [5.74, 6) is -0.280. The van der Waals surface area contributed by atoms with Gasteiger partial charge in [0.15, 0.2) is 5.16 Å². The number of carbonyl (C=O) groups excluding carboxylic acids is 2. The van der Waals surface area contributed by atoms with Crippen molar-refractivity contribution in [3.63, 3.8) is 0 Å². The maximum absolute atomic E-state index is 13.1. The van der Waals surface area contributed by atoms with E-state index in [4.69, 9.17) is 4.74 Å². The summed E-state index contributed by atoms with van der Waals surface area (Å²) in [5, 5.41) is 6.55. The number of carbonyl (C=O) groups is 2. The van der Waals surface area contributed by atoms with Crippen LogP contribution < -0.4 is 16.2 Å². The molecule has 0 bridgehead atoms. The monoisotopic (exact) mass is 468 g/mol. The largest absolute Gasteiger partial charge is 0.379 e. The molecule has 2 N–H and O–H groups in total. The molecule has 33 heavy (non-hydrogen) atoms. The molecule has 3 rings (SSSR count). The molecule has 2 amide bonds. The van der Waals surface area contributed by atoms with E-state index in [1.54, 1.807) is 41.0 Å². The highest BCUT2D eigenvalue weighted by molar-refractivity contribution is 7.99. The first kappa shape index (κ1) is 24.5. The third-order valence-corrected chi connectivity index (χ3v) is 5.60. The van der Waals surface area contributed by atoms with Gasteiger partial charge in [-0.15, -0.1) is 0 Å². The summed E-state index contributed by atoms with van der Waals surface area (Å²) < 4.78 is 7.21. The number of hydrogen-bond acceptors (Lipinski definition) is 6. The van der Waals surface area contributed by atoms with Crippen molar-refractivity contribution in [3.8, 4) is 0 Å². The molecule has 0 unspecified atom stereocenters. The molecule has 3 aromatic rings. The topological polar surface area (TPSA) is 102 Å². The number of thioether (sulfide) groups is 1. The van der Waals surface area contributed by atoms with E-state index in [2.05, 4.69) is 15.6 Å². The predicted molar refractivity (Wildman–Crippen MR) is 132 cm³/mol. The minimum Gasteiger partial charge on any atom is -0.379 e. The van der Waals surface area contributed by atoms with Gasteiger partial charge in [0, 0.05) is 31.5 Å². The van der Waals surface area contributed by atoms with Crippen molar-refractivity contribution >= 4 is 45.9 Å². The number of fused-ring (bicyclic) bond motifs is 1. The number of hydrogen-bond donors (Lipinski definition) is 2. The van der Waals surface area contributed by atoms with Gasteiger partial charge >= 0.3 is 0 Å². The molecule has 0 radical (unpaired) electrons. The Morgan fingerprint density at radius 2 is 1.73 bits per heavy atom. The lowest BCUT2D eigenvalue weighted by Crippen LogP contribution is -2.25. The number of rotatable bonds is 10. The van der Waals surface area contributed by atoms with Crippen molar-refractivity contribution in [3.05, 3.63) is 58.9 Å². The summed E-state index contributed by atoms with van der Waals surface area (Å²) in [7, 11) is 0. The molecule has 9 heteroatoms. The van der Waals surface area contributed by atoms with Crippen LogP contribution in [0.4, 0.5) is 11.4 Å². The Hall–Kier alpha value is -3.17. The average molecular weight is 469 g/mol. The lowest BCUT2D eigenvalue weighted by atomic mass is 10.2. The van der Waals surface area contributed by atoms with E-state index in [0.29, 0.717) is 47.0 Å². The van der Waals surface area contributed by atoms with E-state index in [0.717, 1.165) is 0 Å². The van der Waals surface area contributed by atoms with Gasteiger partial charge in [0.25, 0.3) is 5.56 Å². The molecular weight excluding hydrogens is 440 g/mol. The van der Waals surface area contributed by atoms with E-state index in [1.165, 1.54) is 18.7 Å². The number of benzene rings is 2. The molecule has 0 saturated heterocycles. The minimum absolute atomic E-state index is 0.0979. The highest BCUT2D eigenvalue weighted by Crippen LogP contribution is 2.19. The number of nitrogens with zero attached hydrogens (tertiary/aromatic N) is 2. The van der Waals surface area contributed by atoms with Gasteiger partial charge in [-0.3, -0.25) is 19.0 Å². The number of amides is 2. The summed E-state index contributed by atoms with van der Waals surface area (Å²) in [6, 6.07) is 14.1. The second-order valence-electron chi connectivity index (χ2n) is 7.74. The standard InChI is InChI=1S/C24H28N4O4S/c1-16(2)32-14-6-13-28-23(31)20-7-4-5-8-21(20)27-24(28)33-15-22(30)26-19-11-9-18(10-12-19)25-17(3)29/h4-5,7-12,16H,6,13-15H2,1-3H3,(H,25,29)(H,26,30). The van der Waals surface area contributed by atoms with Crippen LogP contribution in [-0.2, 0) is 20.9 Å². The molecular formula is C24H28N4O4S. The van der Waals surface area contributed by atoms with Crippen LogP contribution in [0.3, 0.4) is 0 Å². The fourth-order valence-corrected chi connectivity index (χ4v) is 3.99. The van der Waals surface area contributed by atoms with Crippen LogP contribution in [0.1, 0.15) is 27.2 Å². The first-order valence-corrected chi connectivity index (χ1v) is 11.7. The van der Waals surface area contributed by atoms with Gasteiger partial charge in [0.05, 0.1) is 22.8 Å². The third kappa shape index (κ3) is 7.16. The highest BCUT2D eigenvalue weighted by atomic mass is 32.2. The second-order valence-corrected chi connectivity index (χ2v) is 8.68. The van der Waals surface area contributed by atoms with E-state index < -0.39 is 0 Å². The molecule has 0 aliphatic rings. The Balaban J connectivity index is 1.70. The van der Waals surface area contributed by atoms with E-state index in [-0.39, 0.29) is 29.2 Å². The first-order chi connectivity index (χ1) is 15.8. The van der Waals surface area contributed by atoms with Crippen molar-refractivity contribution in [2.24, 2.45) is 0 Å². The second kappa shape index (κ2) is 11.6. The molecule has 1 aromatic heterocycles. The molecule has 0 saturated carbocycles. The van der Waals surface area contributed by atoms with Gasteiger partial charge in [-0.2, -0.15) is 0 Å². The number of para-hydroxylation sites is 1. The molecule has 0 atom stereocenters. The van der Waals surface area contributed by atoms with E-state index in [9.17, 15) is 14.4 Å². The Kier molecular flexibility index (Phi) is 8.62. The molecule has 1 heterocycles. The van der Waals surface area contributed by atoms with Gasteiger partial charge in [0.2, 0.25) is 11.8 Å². The summed E-state index contributed by atoms with van der Waals surface area (Å²) >= 11 is 1.22. The van der Waals surface area contributed by atoms with Crippen LogP contribution in [0.2, 0.25) is 0 Å². The van der Waals surface area contributed by atoms with Crippen molar-refractivity contribution in [1.82, 2.24) is 9.55 Å². The Labute approximate surface area is 196 Å². The summed E-state index contributed by atoms with van der Waals surface area (Å²) in [5.41, 5.74) is 1.75. The molecule has 2 aromatic carbocycles. The van der Waals surface area contributed by atoms with Crippen molar-refractivity contribution in [2.45, 2.75) is 45.0 Å². The van der Waals surface area contributed by atoms with Crippen LogP contribution >= 0.6 is 11.8 Å². The van der Waals surface area contributed by atoms with E-state index >= 15 is 0 Å². The zero-order valence-electron chi connectivity index (χ0n) is 19.0. The molecule has 0 spiro atoms. The normalized spacial score (nSPS) is 11.0. The van der Waals surface area contributed by atoms with Gasteiger partial charge in [-0.05, 0) is 56.7 Å². The molecule has 0 aliphatic carbocycles. The number of aromatic nitrogens is 2. The predicted octanol–water partition coefficient (Wildman–Crippen LogP) is 3.90. The summed E-state index contributed by atoms with van der Waals surface area (Å²) in [4.78, 5) is 41.3. The smallest absolute Gasteiger partial charge is 0.262 e. The maximum Gasteiger partial charge on any atom is 0.262 e. The van der Waals surface area contributed by atoms with Gasteiger partial charge in [-0.25, -0.2) is 4.98 Å². The molecule has 0 aliphatic heterocycles. The highest BCUT2D eigenvalue weighted by Gasteiger charge is 2.13. The Morgan fingerprint density at radius 1 is 1.06 bits per heavy atom. The summed E-state index contributed by atoms with van der Waals surface area (Å²) in [6.07, 6.45) is 0.791. The maximum atomic E-state index is 13.1. The van der Waals surface area contributed by atoms with Crippen molar-refractivity contribution in [1.29, 1.82) is 0 Å². The van der Waals surface area contributed by atoms with Gasteiger partial charge < -0.3 is 15.4 Å². The average Bonchev–Trinajstić information content (AvgIpc) is 2.77. The van der Waals surface area contributed by atoms with Crippen LogP contribution in [0.25, 0.3) is 10.9 Å². The first-order valence-electron chi connectivity index (χ1n) is 10.7. The lowest BCUT2D eigenvalue weighted by Gasteiger charge is -2.14. The lowest BCUT2D eigenvalue weighted by molar-refractivity contribution is -0.114.